The molecule has 0 aliphatic heterocycles. The van der Waals surface area contributed by atoms with Crippen LogP contribution in [0.1, 0.15) is 11.1 Å². The summed E-state index contributed by atoms with van der Waals surface area (Å²) in [5.41, 5.74) is -3.50. The SMILES string of the molecule is O=C(CN(c1ccc(Cl)c(C(F)(F)F)c1)S(=O)(=O)c1ccccc1)Nc1ccc(Cl)c(C(F)(F)F)c1. The van der Waals surface area contributed by atoms with Gasteiger partial charge >= 0.3 is 12.4 Å². The van der Waals surface area contributed by atoms with Crippen LogP contribution in [0.25, 0.3) is 0 Å². The van der Waals surface area contributed by atoms with Gasteiger partial charge in [-0.25, -0.2) is 8.42 Å². The van der Waals surface area contributed by atoms with Crippen molar-refractivity contribution in [3.8, 4) is 0 Å². The van der Waals surface area contributed by atoms with Crippen molar-refractivity contribution >= 4 is 50.5 Å². The summed E-state index contributed by atoms with van der Waals surface area (Å²) >= 11 is 11.2. The van der Waals surface area contributed by atoms with E-state index in [-0.39, 0.29) is 10.6 Å². The topological polar surface area (TPSA) is 66.5 Å². The molecule has 0 atom stereocenters. The molecule has 0 spiro atoms. The number of anilines is 2. The van der Waals surface area contributed by atoms with E-state index in [4.69, 9.17) is 23.2 Å². The van der Waals surface area contributed by atoms with Crippen LogP contribution in [-0.4, -0.2) is 20.9 Å². The molecule has 0 bridgehead atoms. The minimum absolute atomic E-state index is 0.341. The largest absolute Gasteiger partial charge is 0.417 e. The first-order valence-corrected chi connectivity index (χ1v) is 11.9. The van der Waals surface area contributed by atoms with Gasteiger partial charge in [0.1, 0.15) is 6.54 Å². The van der Waals surface area contributed by atoms with Crippen molar-refractivity contribution in [2.75, 3.05) is 16.2 Å². The summed E-state index contributed by atoms with van der Waals surface area (Å²) in [7, 11) is -4.59. The molecule has 0 fully saturated rings. The van der Waals surface area contributed by atoms with Gasteiger partial charge in [-0.15, -0.1) is 0 Å². The molecule has 0 heterocycles. The van der Waals surface area contributed by atoms with E-state index in [0.717, 1.165) is 36.4 Å². The summed E-state index contributed by atoms with van der Waals surface area (Å²) < 4.78 is 106. The number of nitrogens with zero attached hydrogens (tertiary/aromatic N) is 1. The smallest absolute Gasteiger partial charge is 0.324 e. The van der Waals surface area contributed by atoms with E-state index in [9.17, 15) is 39.6 Å². The first-order valence-electron chi connectivity index (χ1n) is 9.72. The first kappa shape index (κ1) is 27.6. The quantitative estimate of drug-likeness (QED) is 0.329. The maximum Gasteiger partial charge on any atom is 0.417 e. The van der Waals surface area contributed by atoms with Crippen LogP contribution in [0.3, 0.4) is 0 Å². The van der Waals surface area contributed by atoms with Gasteiger partial charge in [-0.2, -0.15) is 26.3 Å². The summed E-state index contributed by atoms with van der Waals surface area (Å²) in [5, 5.41) is 0.779. The number of nitrogens with one attached hydrogen (secondary N) is 1. The highest BCUT2D eigenvalue weighted by Crippen LogP contribution is 2.38. The molecule has 0 radical (unpaired) electrons. The van der Waals surface area contributed by atoms with Gasteiger partial charge in [-0.1, -0.05) is 41.4 Å². The minimum Gasteiger partial charge on any atom is -0.324 e. The van der Waals surface area contributed by atoms with Crippen molar-refractivity contribution in [2.45, 2.75) is 17.2 Å². The monoisotopic (exact) mass is 570 g/mol. The van der Waals surface area contributed by atoms with Crippen LogP contribution in [0.5, 0.6) is 0 Å². The van der Waals surface area contributed by atoms with E-state index in [2.05, 4.69) is 5.32 Å². The van der Waals surface area contributed by atoms with Gasteiger partial charge in [0, 0.05) is 5.69 Å². The second-order valence-corrected chi connectivity index (χ2v) is 9.90. The van der Waals surface area contributed by atoms with Gasteiger partial charge < -0.3 is 5.32 Å². The lowest BCUT2D eigenvalue weighted by Crippen LogP contribution is -2.38. The van der Waals surface area contributed by atoms with E-state index < -0.39 is 61.7 Å². The highest BCUT2D eigenvalue weighted by molar-refractivity contribution is 7.92. The van der Waals surface area contributed by atoms with Crippen LogP contribution in [0, 0.1) is 0 Å². The summed E-state index contributed by atoms with van der Waals surface area (Å²) in [6.45, 7) is -1.07. The molecular weight excluding hydrogens is 557 g/mol. The zero-order valence-corrected chi connectivity index (χ0v) is 20.0. The number of rotatable bonds is 6. The molecule has 0 aliphatic rings. The maximum absolute atomic E-state index is 13.4. The molecule has 1 amide bonds. The fourth-order valence-electron chi connectivity index (χ4n) is 3.07. The number of hydrogen-bond donors (Lipinski definition) is 1. The highest BCUT2D eigenvalue weighted by Gasteiger charge is 2.36. The molecule has 0 unspecified atom stereocenters. The lowest BCUT2D eigenvalue weighted by atomic mass is 10.2. The van der Waals surface area contributed by atoms with Crippen LogP contribution >= 0.6 is 23.2 Å². The molecule has 5 nitrogen and oxygen atoms in total. The van der Waals surface area contributed by atoms with Crippen molar-refractivity contribution < 1.29 is 39.6 Å². The van der Waals surface area contributed by atoms with E-state index >= 15 is 0 Å². The van der Waals surface area contributed by atoms with Crippen molar-refractivity contribution in [2.24, 2.45) is 0 Å². The third kappa shape index (κ3) is 6.23. The van der Waals surface area contributed by atoms with E-state index in [1.54, 1.807) is 0 Å². The molecule has 3 aromatic carbocycles. The molecule has 0 saturated heterocycles. The number of sulfonamides is 1. The predicted octanol–water partition coefficient (Wildman–Crippen LogP) is 6.87. The van der Waals surface area contributed by atoms with Crippen LogP contribution in [0.15, 0.2) is 71.6 Å². The number of amides is 1. The van der Waals surface area contributed by atoms with E-state index in [0.29, 0.717) is 16.4 Å². The van der Waals surface area contributed by atoms with Gasteiger partial charge in [0.15, 0.2) is 0 Å². The van der Waals surface area contributed by atoms with Crippen LogP contribution in [-0.2, 0) is 27.2 Å². The normalized spacial score (nSPS) is 12.3. The Morgan fingerprint density at radius 1 is 0.806 bits per heavy atom. The van der Waals surface area contributed by atoms with E-state index in [1.165, 1.54) is 18.2 Å². The molecule has 3 aromatic rings. The van der Waals surface area contributed by atoms with Crippen LogP contribution < -0.4 is 9.62 Å². The van der Waals surface area contributed by atoms with Crippen LogP contribution in [0.2, 0.25) is 10.0 Å². The fourth-order valence-corrected chi connectivity index (χ4v) is 4.95. The van der Waals surface area contributed by atoms with Gasteiger partial charge in [0.2, 0.25) is 5.91 Å². The second kappa shape index (κ2) is 10.2. The number of carbonyl (C=O) groups excluding carboxylic acids is 1. The molecule has 0 aliphatic carbocycles. The number of carbonyl (C=O) groups is 1. The standard InChI is InChI=1S/C22H14Cl2F6N2O3S/c23-18-8-6-13(10-16(18)21(25,26)27)31-20(33)12-32(36(34,35)15-4-2-1-3-5-15)14-7-9-19(24)17(11-14)22(28,29)30/h1-11H,12H2,(H,31,33). The second-order valence-electron chi connectivity index (χ2n) is 7.23. The Bertz CT molecular complexity index is 1380. The van der Waals surface area contributed by atoms with Gasteiger partial charge in [0.25, 0.3) is 10.0 Å². The molecule has 14 heteroatoms. The summed E-state index contributed by atoms with van der Waals surface area (Å²) in [4.78, 5) is 12.3. The Kier molecular flexibility index (Phi) is 7.82. The number of hydrogen-bond acceptors (Lipinski definition) is 3. The zero-order valence-electron chi connectivity index (χ0n) is 17.7. The molecule has 36 heavy (non-hydrogen) atoms. The van der Waals surface area contributed by atoms with Gasteiger partial charge in [-0.3, -0.25) is 9.10 Å². The lowest BCUT2D eigenvalue weighted by Gasteiger charge is -2.25. The Morgan fingerprint density at radius 3 is 1.89 bits per heavy atom. The Morgan fingerprint density at radius 2 is 1.33 bits per heavy atom. The average molecular weight is 571 g/mol. The summed E-state index contributed by atoms with van der Waals surface area (Å²) in [6.07, 6.45) is -9.77. The van der Waals surface area contributed by atoms with Crippen molar-refractivity contribution in [3.05, 3.63) is 87.9 Å². The minimum atomic E-state index is -4.94. The van der Waals surface area contributed by atoms with Crippen molar-refractivity contribution in [3.63, 3.8) is 0 Å². The Hall–Kier alpha value is -2.96. The molecule has 1 N–H and O–H groups in total. The Balaban J connectivity index is 2.02. The third-order valence-electron chi connectivity index (χ3n) is 4.72. The van der Waals surface area contributed by atoms with Gasteiger partial charge in [0.05, 0.1) is 31.8 Å². The molecular formula is C22H14Cl2F6N2O3S. The fraction of sp³-hybridized carbons (Fsp3) is 0.136. The van der Waals surface area contributed by atoms with E-state index in [1.807, 2.05) is 0 Å². The zero-order chi connectivity index (χ0) is 26.9. The maximum atomic E-state index is 13.4. The number of benzene rings is 3. The molecule has 0 saturated carbocycles. The van der Waals surface area contributed by atoms with Crippen LogP contribution in [0.4, 0.5) is 37.7 Å². The summed E-state index contributed by atoms with van der Waals surface area (Å²) in [5.74, 6) is -1.13. The predicted molar refractivity (Wildman–Crippen MR) is 123 cm³/mol. The van der Waals surface area contributed by atoms with Gasteiger partial charge in [-0.05, 0) is 48.5 Å². The average Bonchev–Trinajstić information content (AvgIpc) is 2.78. The summed E-state index contributed by atoms with van der Waals surface area (Å²) in [6, 6.07) is 11.3. The first-order chi connectivity index (χ1) is 16.6. The number of alkyl halides is 6. The molecule has 192 valence electrons. The number of halogens is 8. The van der Waals surface area contributed by atoms with Crippen molar-refractivity contribution in [1.29, 1.82) is 0 Å². The molecule has 0 aromatic heterocycles. The molecule has 3 rings (SSSR count). The Labute approximate surface area is 211 Å². The highest BCUT2D eigenvalue weighted by atomic mass is 35.5. The van der Waals surface area contributed by atoms with Crippen molar-refractivity contribution in [1.82, 2.24) is 0 Å². The third-order valence-corrected chi connectivity index (χ3v) is 7.16. The lowest BCUT2D eigenvalue weighted by molar-refractivity contribution is -0.138.